The summed E-state index contributed by atoms with van der Waals surface area (Å²) in [6.07, 6.45) is 5.32. The van der Waals surface area contributed by atoms with Crippen molar-refractivity contribution in [2.24, 2.45) is 0 Å². The molecule has 1 aromatic rings. The molecule has 90 valence electrons. The third-order valence-electron chi connectivity index (χ3n) is 3.07. The highest BCUT2D eigenvalue weighted by molar-refractivity contribution is 5.01. The Morgan fingerprint density at radius 3 is 2.88 bits per heavy atom. The second-order valence-corrected chi connectivity index (χ2v) is 4.45. The normalized spacial score (nSPS) is 17.8. The summed E-state index contributed by atoms with van der Waals surface area (Å²) in [5.41, 5.74) is 1.28. The summed E-state index contributed by atoms with van der Waals surface area (Å²) in [6.45, 7) is 7.91. The van der Waals surface area contributed by atoms with Crippen LogP contribution in [0, 0.1) is 0 Å². The van der Waals surface area contributed by atoms with Crippen molar-refractivity contribution < 1.29 is 0 Å². The van der Waals surface area contributed by atoms with Gasteiger partial charge in [0.2, 0.25) is 0 Å². The quantitative estimate of drug-likeness (QED) is 0.775. The molecule has 2 rings (SSSR count). The molecule has 1 fully saturated rings. The van der Waals surface area contributed by atoms with Gasteiger partial charge in [-0.2, -0.15) is 0 Å². The molecule has 0 aliphatic carbocycles. The van der Waals surface area contributed by atoms with Crippen LogP contribution in [0.15, 0.2) is 6.20 Å². The van der Waals surface area contributed by atoms with Crippen LogP contribution in [-0.4, -0.2) is 47.6 Å². The standard InChI is InChI=1S/C12H22N4/c1-2-3-11-10-14-12(15-11)4-7-16-8-5-13-6-9-16/h10,13H,2-9H2,1H3,(H,14,15). The van der Waals surface area contributed by atoms with E-state index in [1.165, 1.54) is 25.2 Å². The van der Waals surface area contributed by atoms with Gasteiger partial charge in [0.15, 0.2) is 0 Å². The number of aromatic amines is 1. The van der Waals surface area contributed by atoms with Crippen LogP contribution in [0.5, 0.6) is 0 Å². The number of nitrogens with zero attached hydrogens (tertiary/aromatic N) is 2. The van der Waals surface area contributed by atoms with E-state index >= 15 is 0 Å². The van der Waals surface area contributed by atoms with Crippen molar-refractivity contribution in [2.45, 2.75) is 26.2 Å². The van der Waals surface area contributed by atoms with E-state index in [1.807, 2.05) is 6.20 Å². The van der Waals surface area contributed by atoms with E-state index < -0.39 is 0 Å². The van der Waals surface area contributed by atoms with E-state index in [4.69, 9.17) is 0 Å². The molecule has 0 aromatic carbocycles. The smallest absolute Gasteiger partial charge is 0.107 e. The maximum Gasteiger partial charge on any atom is 0.107 e. The number of piperazine rings is 1. The number of aryl methyl sites for hydroxylation is 1. The first-order valence-electron chi connectivity index (χ1n) is 6.34. The fourth-order valence-electron chi connectivity index (χ4n) is 2.13. The molecular weight excluding hydrogens is 200 g/mol. The zero-order valence-corrected chi connectivity index (χ0v) is 10.1. The van der Waals surface area contributed by atoms with Gasteiger partial charge in [0.05, 0.1) is 0 Å². The van der Waals surface area contributed by atoms with Crippen LogP contribution in [0.4, 0.5) is 0 Å². The summed E-state index contributed by atoms with van der Waals surface area (Å²) < 4.78 is 0. The van der Waals surface area contributed by atoms with Crippen LogP contribution in [0.25, 0.3) is 0 Å². The van der Waals surface area contributed by atoms with Crippen LogP contribution in [0.2, 0.25) is 0 Å². The summed E-state index contributed by atoms with van der Waals surface area (Å²) in [5, 5.41) is 3.37. The number of rotatable bonds is 5. The topological polar surface area (TPSA) is 44.0 Å². The van der Waals surface area contributed by atoms with E-state index in [2.05, 4.69) is 27.1 Å². The molecule has 2 heterocycles. The minimum Gasteiger partial charge on any atom is -0.346 e. The summed E-state index contributed by atoms with van der Waals surface area (Å²) in [4.78, 5) is 10.3. The van der Waals surface area contributed by atoms with Crippen molar-refractivity contribution in [2.75, 3.05) is 32.7 Å². The fraction of sp³-hybridized carbons (Fsp3) is 0.750. The van der Waals surface area contributed by atoms with Crippen molar-refractivity contribution in [1.82, 2.24) is 20.2 Å². The maximum atomic E-state index is 4.42. The largest absolute Gasteiger partial charge is 0.346 e. The van der Waals surface area contributed by atoms with Crippen LogP contribution < -0.4 is 5.32 Å². The minimum atomic E-state index is 1.05. The Balaban J connectivity index is 1.75. The van der Waals surface area contributed by atoms with Gasteiger partial charge < -0.3 is 15.2 Å². The van der Waals surface area contributed by atoms with Crippen LogP contribution in [0.3, 0.4) is 0 Å². The first-order chi connectivity index (χ1) is 7.88. The van der Waals surface area contributed by atoms with E-state index in [-0.39, 0.29) is 0 Å². The highest BCUT2D eigenvalue weighted by Crippen LogP contribution is 2.02. The van der Waals surface area contributed by atoms with Gasteiger partial charge in [-0.05, 0) is 6.42 Å². The molecular formula is C12H22N4. The number of aromatic nitrogens is 2. The number of nitrogens with one attached hydrogen (secondary N) is 2. The molecule has 0 radical (unpaired) electrons. The van der Waals surface area contributed by atoms with Crippen molar-refractivity contribution in [1.29, 1.82) is 0 Å². The van der Waals surface area contributed by atoms with Crippen molar-refractivity contribution in [3.05, 3.63) is 17.7 Å². The Hall–Kier alpha value is -0.870. The highest BCUT2D eigenvalue weighted by atomic mass is 15.2. The van der Waals surface area contributed by atoms with Gasteiger partial charge in [-0.1, -0.05) is 13.3 Å². The highest BCUT2D eigenvalue weighted by Gasteiger charge is 2.09. The third kappa shape index (κ3) is 3.32. The maximum absolute atomic E-state index is 4.42. The molecule has 4 heteroatoms. The van der Waals surface area contributed by atoms with E-state index in [0.29, 0.717) is 0 Å². The number of hydrogen-bond acceptors (Lipinski definition) is 3. The molecule has 1 aromatic heterocycles. The first kappa shape index (κ1) is 11.6. The zero-order chi connectivity index (χ0) is 11.2. The molecule has 2 N–H and O–H groups in total. The Bertz CT molecular complexity index is 302. The SMILES string of the molecule is CCCc1cnc(CCN2CCNCC2)[nH]1. The summed E-state index contributed by atoms with van der Waals surface area (Å²) in [7, 11) is 0. The van der Waals surface area contributed by atoms with Gasteiger partial charge in [0, 0.05) is 51.0 Å². The molecule has 4 nitrogen and oxygen atoms in total. The molecule has 0 bridgehead atoms. The molecule has 16 heavy (non-hydrogen) atoms. The van der Waals surface area contributed by atoms with Gasteiger partial charge in [-0.25, -0.2) is 4.98 Å². The summed E-state index contributed by atoms with van der Waals surface area (Å²) in [6, 6.07) is 0. The molecule has 0 spiro atoms. The van der Waals surface area contributed by atoms with Gasteiger partial charge >= 0.3 is 0 Å². The summed E-state index contributed by atoms with van der Waals surface area (Å²) in [5.74, 6) is 1.14. The van der Waals surface area contributed by atoms with Gasteiger partial charge in [-0.3, -0.25) is 0 Å². The fourth-order valence-corrected chi connectivity index (χ4v) is 2.13. The number of H-pyrrole nitrogens is 1. The Labute approximate surface area is 97.4 Å². The second-order valence-electron chi connectivity index (χ2n) is 4.45. The van der Waals surface area contributed by atoms with Crippen molar-refractivity contribution in [3.63, 3.8) is 0 Å². The average molecular weight is 222 g/mol. The Morgan fingerprint density at radius 2 is 2.12 bits per heavy atom. The number of hydrogen-bond donors (Lipinski definition) is 2. The molecule has 0 atom stereocenters. The number of imidazole rings is 1. The Kier molecular flexibility index (Phi) is 4.36. The van der Waals surface area contributed by atoms with E-state index in [0.717, 1.165) is 38.3 Å². The van der Waals surface area contributed by atoms with Gasteiger partial charge in [-0.15, -0.1) is 0 Å². The monoisotopic (exact) mass is 222 g/mol. The molecule has 1 aliphatic heterocycles. The second kappa shape index (κ2) is 6.01. The Morgan fingerprint density at radius 1 is 1.31 bits per heavy atom. The third-order valence-corrected chi connectivity index (χ3v) is 3.07. The average Bonchev–Trinajstić information content (AvgIpc) is 2.76. The lowest BCUT2D eigenvalue weighted by Crippen LogP contribution is -2.44. The minimum absolute atomic E-state index is 1.05. The van der Waals surface area contributed by atoms with Crippen LogP contribution in [-0.2, 0) is 12.8 Å². The van der Waals surface area contributed by atoms with Crippen molar-refractivity contribution >= 4 is 0 Å². The van der Waals surface area contributed by atoms with Crippen molar-refractivity contribution in [3.8, 4) is 0 Å². The summed E-state index contributed by atoms with van der Waals surface area (Å²) >= 11 is 0. The van der Waals surface area contributed by atoms with E-state index in [1.54, 1.807) is 0 Å². The van der Waals surface area contributed by atoms with Gasteiger partial charge in [0.1, 0.15) is 5.82 Å². The lowest BCUT2D eigenvalue weighted by Gasteiger charge is -2.26. The van der Waals surface area contributed by atoms with Crippen LogP contribution in [0.1, 0.15) is 24.9 Å². The molecule has 0 unspecified atom stereocenters. The first-order valence-corrected chi connectivity index (χ1v) is 6.34. The predicted octanol–water partition coefficient (Wildman–Crippen LogP) is 0.810. The lowest BCUT2D eigenvalue weighted by molar-refractivity contribution is 0.242. The molecule has 0 saturated carbocycles. The molecule has 1 aliphatic rings. The molecule has 1 saturated heterocycles. The zero-order valence-electron chi connectivity index (χ0n) is 10.1. The predicted molar refractivity (Wildman–Crippen MR) is 65.6 cm³/mol. The lowest BCUT2D eigenvalue weighted by atomic mass is 10.3. The van der Waals surface area contributed by atoms with E-state index in [9.17, 15) is 0 Å². The van der Waals surface area contributed by atoms with Crippen LogP contribution >= 0.6 is 0 Å². The van der Waals surface area contributed by atoms with Gasteiger partial charge in [0.25, 0.3) is 0 Å². The molecule has 0 amide bonds.